The fourth-order valence-corrected chi connectivity index (χ4v) is 2.14. The number of aromatic nitrogens is 2. The highest BCUT2D eigenvalue weighted by atomic mass is 15.4. The fourth-order valence-electron chi connectivity index (χ4n) is 2.14. The van der Waals surface area contributed by atoms with Crippen LogP contribution in [0.5, 0.6) is 0 Å². The average molecular weight is 229 g/mol. The third-order valence-electron chi connectivity index (χ3n) is 2.95. The van der Waals surface area contributed by atoms with E-state index in [1.165, 1.54) is 5.56 Å². The van der Waals surface area contributed by atoms with Gasteiger partial charge in [-0.05, 0) is 25.5 Å². The zero-order chi connectivity index (χ0) is 12.4. The predicted octanol–water partition coefficient (Wildman–Crippen LogP) is 2.81. The topological polar surface area (TPSA) is 21.1 Å². The van der Waals surface area contributed by atoms with Gasteiger partial charge >= 0.3 is 0 Å². The molecule has 90 valence electrons. The number of para-hydroxylation sites is 1. The number of aryl methyl sites for hydroxylation is 1. The quantitative estimate of drug-likeness (QED) is 0.807. The fraction of sp³-hybridized carbons (Fsp3) is 0.357. The lowest BCUT2D eigenvalue weighted by Crippen LogP contribution is -2.15. The van der Waals surface area contributed by atoms with Gasteiger partial charge in [-0.3, -0.25) is 0 Å². The lowest BCUT2D eigenvalue weighted by Gasteiger charge is -2.16. The van der Waals surface area contributed by atoms with Crippen LogP contribution in [0.15, 0.2) is 30.3 Å². The Labute approximate surface area is 103 Å². The molecule has 0 aliphatic carbocycles. The predicted molar refractivity (Wildman–Crippen MR) is 72.0 cm³/mol. The van der Waals surface area contributed by atoms with Gasteiger partial charge in [-0.25, -0.2) is 4.68 Å². The van der Waals surface area contributed by atoms with Crippen LogP contribution in [-0.2, 0) is 6.42 Å². The molecular weight excluding hydrogens is 210 g/mol. The number of benzene rings is 1. The van der Waals surface area contributed by atoms with Crippen LogP contribution in [0.4, 0.5) is 5.82 Å². The molecule has 1 heterocycles. The highest BCUT2D eigenvalue weighted by Gasteiger charge is 2.15. The van der Waals surface area contributed by atoms with E-state index < -0.39 is 0 Å². The van der Waals surface area contributed by atoms with Gasteiger partial charge < -0.3 is 4.90 Å². The summed E-state index contributed by atoms with van der Waals surface area (Å²) in [7, 11) is 4.12. The minimum absolute atomic E-state index is 0.965. The van der Waals surface area contributed by atoms with Crippen molar-refractivity contribution in [1.82, 2.24) is 9.78 Å². The number of hydrogen-bond donors (Lipinski definition) is 0. The van der Waals surface area contributed by atoms with E-state index in [0.29, 0.717) is 0 Å². The number of nitrogens with zero attached hydrogens (tertiary/aromatic N) is 3. The molecule has 0 atom stereocenters. The van der Waals surface area contributed by atoms with Crippen molar-refractivity contribution in [3.8, 4) is 5.69 Å². The van der Waals surface area contributed by atoms with Gasteiger partial charge in [0.2, 0.25) is 0 Å². The van der Waals surface area contributed by atoms with Gasteiger partial charge in [-0.1, -0.05) is 25.1 Å². The molecule has 2 aromatic rings. The number of hydrogen-bond acceptors (Lipinski definition) is 2. The van der Waals surface area contributed by atoms with Crippen molar-refractivity contribution in [3.05, 3.63) is 41.6 Å². The normalized spacial score (nSPS) is 10.6. The Bertz CT molecular complexity index is 498. The second-order valence-electron chi connectivity index (χ2n) is 4.39. The molecule has 3 heteroatoms. The van der Waals surface area contributed by atoms with E-state index in [1.807, 2.05) is 22.9 Å². The molecule has 0 aliphatic heterocycles. The molecule has 3 nitrogen and oxygen atoms in total. The maximum atomic E-state index is 4.69. The minimum Gasteiger partial charge on any atom is -0.362 e. The first-order valence-electron chi connectivity index (χ1n) is 5.96. The van der Waals surface area contributed by atoms with Gasteiger partial charge in [0.15, 0.2) is 0 Å². The van der Waals surface area contributed by atoms with Gasteiger partial charge in [0.25, 0.3) is 0 Å². The number of rotatable bonds is 3. The van der Waals surface area contributed by atoms with Gasteiger partial charge in [0.05, 0.1) is 11.4 Å². The Morgan fingerprint density at radius 2 is 1.82 bits per heavy atom. The summed E-state index contributed by atoms with van der Waals surface area (Å²) in [4.78, 5) is 2.12. The first-order valence-corrected chi connectivity index (χ1v) is 5.96. The molecule has 1 aromatic carbocycles. The standard InChI is InChI=1S/C14H19N3/c1-5-13-11(2)14(16(3)4)17(15-13)12-9-7-6-8-10-12/h6-10H,5H2,1-4H3. The summed E-state index contributed by atoms with van der Waals surface area (Å²) in [5, 5.41) is 4.69. The van der Waals surface area contributed by atoms with Crippen LogP contribution in [-0.4, -0.2) is 23.9 Å². The molecule has 2 rings (SSSR count). The third-order valence-corrected chi connectivity index (χ3v) is 2.95. The lowest BCUT2D eigenvalue weighted by atomic mass is 10.2. The molecule has 0 aliphatic rings. The van der Waals surface area contributed by atoms with Crippen molar-refractivity contribution >= 4 is 5.82 Å². The maximum Gasteiger partial charge on any atom is 0.135 e. The second-order valence-corrected chi connectivity index (χ2v) is 4.39. The van der Waals surface area contributed by atoms with Gasteiger partial charge in [0, 0.05) is 19.7 Å². The zero-order valence-electron chi connectivity index (χ0n) is 10.9. The summed E-state index contributed by atoms with van der Waals surface area (Å²) >= 11 is 0. The molecule has 0 amide bonds. The van der Waals surface area contributed by atoms with E-state index in [9.17, 15) is 0 Å². The molecule has 0 N–H and O–H groups in total. The molecule has 0 spiro atoms. The van der Waals surface area contributed by atoms with Crippen molar-refractivity contribution in [2.24, 2.45) is 0 Å². The van der Waals surface area contributed by atoms with Crippen molar-refractivity contribution in [3.63, 3.8) is 0 Å². The smallest absolute Gasteiger partial charge is 0.135 e. The molecule has 0 saturated heterocycles. The highest BCUT2D eigenvalue weighted by Crippen LogP contribution is 2.25. The van der Waals surface area contributed by atoms with E-state index in [-0.39, 0.29) is 0 Å². The molecule has 0 radical (unpaired) electrons. The molecule has 17 heavy (non-hydrogen) atoms. The SMILES string of the molecule is CCc1nn(-c2ccccc2)c(N(C)C)c1C. The summed E-state index contributed by atoms with van der Waals surface area (Å²) < 4.78 is 2.02. The largest absolute Gasteiger partial charge is 0.362 e. The molecule has 0 bridgehead atoms. The van der Waals surface area contributed by atoms with Crippen LogP contribution in [0, 0.1) is 6.92 Å². The van der Waals surface area contributed by atoms with Gasteiger partial charge in [-0.2, -0.15) is 5.10 Å². The molecule has 1 aromatic heterocycles. The van der Waals surface area contributed by atoms with Crippen LogP contribution in [0.2, 0.25) is 0 Å². The summed E-state index contributed by atoms with van der Waals surface area (Å²) in [5.41, 5.74) is 3.54. The Balaban J connectivity index is 2.61. The second kappa shape index (κ2) is 4.62. The van der Waals surface area contributed by atoms with E-state index in [2.05, 4.69) is 45.0 Å². The highest BCUT2D eigenvalue weighted by molar-refractivity contribution is 5.53. The maximum absolute atomic E-state index is 4.69. The molecular formula is C14H19N3. The van der Waals surface area contributed by atoms with Gasteiger partial charge in [-0.15, -0.1) is 0 Å². The van der Waals surface area contributed by atoms with E-state index in [1.54, 1.807) is 0 Å². The van der Waals surface area contributed by atoms with Crippen molar-refractivity contribution in [2.45, 2.75) is 20.3 Å². The van der Waals surface area contributed by atoms with Crippen LogP contribution in [0.3, 0.4) is 0 Å². The van der Waals surface area contributed by atoms with Crippen molar-refractivity contribution < 1.29 is 0 Å². The van der Waals surface area contributed by atoms with Crippen molar-refractivity contribution in [2.75, 3.05) is 19.0 Å². The van der Waals surface area contributed by atoms with Crippen LogP contribution in [0.25, 0.3) is 5.69 Å². The number of anilines is 1. The minimum atomic E-state index is 0.965. The summed E-state index contributed by atoms with van der Waals surface area (Å²) in [6, 6.07) is 10.3. The Kier molecular flexibility index (Phi) is 3.18. The van der Waals surface area contributed by atoms with E-state index in [0.717, 1.165) is 23.6 Å². The zero-order valence-corrected chi connectivity index (χ0v) is 10.9. The first kappa shape index (κ1) is 11.7. The van der Waals surface area contributed by atoms with Crippen LogP contribution in [0.1, 0.15) is 18.2 Å². The Hall–Kier alpha value is -1.77. The van der Waals surface area contributed by atoms with Crippen molar-refractivity contribution in [1.29, 1.82) is 0 Å². The Morgan fingerprint density at radius 3 is 2.35 bits per heavy atom. The van der Waals surface area contributed by atoms with E-state index in [4.69, 9.17) is 5.10 Å². The summed E-state index contributed by atoms with van der Waals surface area (Å²) in [6.45, 7) is 4.28. The first-order chi connectivity index (χ1) is 8.15. The Morgan fingerprint density at radius 1 is 1.18 bits per heavy atom. The monoisotopic (exact) mass is 229 g/mol. The summed E-state index contributed by atoms with van der Waals surface area (Å²) in [6.07, 6.45) is 0.965. The van der Waals surface area contributed by atoms with Crippen LogP contribution >= 0.6 is 0 Å². The average Bonchev–Trinajstić information content (AvgIpc) is 2.67. The molecule has 0 fully saturated rings. The molecule has 0 saturated carbocycles. The summed E-state index contributed by atoms with van der Waals surface area (Å²) in [5.74, 6) is 1.16. The third kappa shape index (κ3) is 2.05. The van der Waals surface area contributed by atoms with E-state index >= 15 is 0 Å². The van der Waals surface area contributed by atoms with Crippen LogP contribution < -0.4 is 4.90 Å². The molecule has 0 unspecified atom stereocenters. The van der Waals surface area contributed by atoms with Gasteiger partial charge in [0.1, 0.15) is 5.82 Å². The lowest BCUT2D eigenvalue weighted by molar-refractivity contribution is 0.826.